The van der Waals surface area contributed by atoms with Crippen LogP contribution in [0.3, 0.4) is 0 Å². The summed E-state index contributed by atoms with van der Waals surface area (Å²) < 4.78 is 10.6. The molecule has 0 spiro atoms. The van der Waals surface area contributed by atoms with Crippen molar-refractivity contribution in [1.82, 2.24) is 0 Å². The number of fused-ring (bicyclic) bond motifs is 1. The highest BCUT2D eigenvalue weighted by molar-refractivity contribution is 6.30. The second kappa shape index (κ2) is 5.24. The van der Waals surface area contributed by atoms with Crippen molar-refractivity contribution in [3.8, 4) is 11.8 Å². The Bertz CT molecular complexity index is 876. The molecule has 1 atom stereocenters. The zero-order valence-electron chi connectivity index (χ0n) is 11.6. The van der Waals surface area contributed by atoms with Gasteiger partial charge in [-0.2, -0.15) is 5.26 Å². The molecule has 1 aromatic heterocycles. The molecule has 0 bridgehead atoms. The van der Waals surface area contributed by atoms with E-state index in [1.165, 1.54) is 0 Å². The van der Waals surface area contributed by atoms with Crippen LogP contribution in [0.15, 0.2) is 51.0 Å². The van der Waals surface area contributed by atoms with Gasteiger partial charge in [0, 0.05) is 11.1 Å². The number of hydrogen-bond acceptors (Lipinski definition) is 5. The van der Waals surface area contributed by atoms with Crippen LogP contribution in [-0.2, 0) is 0 Å². The van der Waals surface area contributed by atoms with E-state index in [4.69, 9.17) is 26.5 Å². The number of allylic oxidation sites excluding steroid dienone is 1. The minimum Gasteiger partial charge on any atom is -0.440 e. The minimum atomic E-state index is -0.636. The van der Waals surface area contributed by atoms with E-state index in [2.05, 4.69) is 0 Å². The van der Waals surface area contributed by atoms with E-state index in [0.717, 1.165) is 0 Å². The molecule has 0 saturated carbocycles. The van der Waals surface area contributed by atoms with Gasteiger partial charge in [0.2, 0.25) is 5.88 Å². The highest BCUT2D eigenvalue weighted by Gasteiger charge is 2.34. The Labute approximate surface area is 131 Å². The van der Waals surface area contributed by atoms with Crippen LogP contribution in [0.25, 0.3) is 0 Å². The standard InChI is InChI=1S/C16H11ClN2O3/c1-8-6-12-14(16(20)21-8)13(11(7-18)15(19)22-12)9-2-4-10(17)5-3-9/h2-6,13H,19H2,1H3/t13-/m1/s1. The summed E-state index contributed by atoms with van der Waals surface area (Å²) in [6.45, 7) is 1.64. The van der Waals surface area contributed by atoms with E-state index in [9.17, 15) is 10.1 Å². The Morgan fingerprint density at radius 2 is 2.00 bits per heavy atom. The van der Waals surface area contributed by atoms with E-state index in [-0.39, 0.29) is 17.0 Å². The molecule has 1 aliphatic heterocycles. The summed E-state index contributed by atoms with van der Waals surface area (Å²) in [5.41, 5.74) is 6.44. The smallest absolute Gasteiger partial charge is 0.343 e. The molecule has 0 aliphatic carbocycles. The molecule has 0 unspecified atom stereocenters. The van der Waals surface area contributed by atoms with Gasteiger partial charge >= 0.3 is 5.63 Å². The molecule has 5 nitrogen and oxygen atoms in total. The molecule has 1 aromatic carbocycles. The topological polar surface area (TPSA) is 89.2 Å². The Kier molecular flexibility index (Phi) is 3.39. The summed E-state index contributed by atoms with van der Waals surface area (Å²) in [5, 5.41) is 9.95. The fourth-order valence-electron chi connectivity index (χ4n) is 2.51. The highest BCUT2D eigenvalue weighted by Crippen LogP contribution is 2.40. The van der Waals surface area contributed by atoms with E-state index in [0.29, 0.717) is 22.1 Å². The summed E-state index contributed by atoms with van der Waals surface area (Å²) in [6, 6.07) is 10.5. The number of nitriles is 1. The lowest BCUT2D eigenvalue weighted by atomic mass is 9.84. The van der Waals surface area contributed by atoms with Gasteiger partial charge in [0.05, 0.1) is 11.5 Å². The summed E-state index contributed by atoms with van der Waals surface area (Å²) in [5.74, 6) is 0.0693. The maximum atomic E-state index is 12.3. The number of nitrogens with zero attached hydrogens (tertiary/aromatic N) is 1. The van der Waals surface area contributed by atoms with Crippen LogP contribution < -0.4 is 16.1 Å². The molecular formula is C16H11ClN2O3. The lowest BCUT2D eigenvalue weighted by Crippen LogP contribution is -2.26. The third kappa shape index (κ3) is 2.24. The molecule has 6 heteroatoms. The first-order valence-corrected chi connectivity index (χ1v) is 6.86. The van der Waals surface area contributed by atoms with Crippen molar-refractivity contribution in [2.24, 2.45) is 5.73 Å². The van der Waals surface area contributed by atoms with Crippen LogP contribution in [0.2, 0.25) is 5.02 Å². The molecule has 0 amide bonds. The van der Waals surface area contributed by atoms with Crippen LogP contribution in [0.5, 0.6) is 5.75 Å². The van der Waals surface area contributed by atoms with E-state index in [1.807, 2.05) is 6.07 Å². The molecule has 2 aromatic rings. The number of nitrogens with two attached hydrogens (primary N) is 1. The number of benzene rings is 1. The molecule has 2 heterocycles. The summed E-state index contributed by atoms with van der Waals surface area (Å²) >= 11 is 5.90. The monoisotopic (exact) mass is 314 g/mol. The van der Waals surface area contributed by atoms with E-state index >= 15 is 0 Å². The second-order valence-corrected chi connectivity index (χ2v) is 5.34. The van der Waals surface area contributed by atoms with Gasteiger partial charge < -0.3 is 14.9 Å². The first-order chi connectivity index (χ1) is 10.5. The number of rotatable bonds is 1. The Hall–Kier alpha value is -2.71. The van der Waals surface area contributed by atoms with Crippen LogP contribution >= 0.6 is 11.6 Å². The van der Waals surface area contributed by atoms with Crippen molar-refractivity contribution in [1.29, 1.82) is 5.26 Å². The first kappa shape index (κ1) is 14.2. The van der Waals surface area contributed by atoms with Crippen LogP contribution in [0.4, 0.5) is 0 Å². The minimum absolute atomic E-state index is 0.0139. The largest absolute Gasteiger partial charge is 0.440 e. The van der Waals surface area contributed by atoms with Gasteiger partial charge in [0.15, 0.2) is 0 Å². The summed E-state index contributed by atoms with van der Waals surface area (Å²) in [6.07, 6.45) is 0. The van der Waals surface area contributed by atoms with Gasteiger partial charge in [-0.1, -0.05) is 23.7 Å². The summed E-state index contributed by atoms with van der Waals surface area (Å²) in [7, 11) is 0. The van der Waals surface area contributed by atoms with Crippen molar-refractivity contribution in [2.75, 3.05) is 0 Å². The molecule has 0 saturated heterocycles. The lowest BCUT2D eigenvalue weighted by Gasteiger charge is -2.25. The Morgan fingerprint density at radius 3 is 2.64 bits per heavy atom. The van der Waals surface area contributed by atoms with Gasteiger partial charge in [-0.25, -0.2) is 4.79 Å². The Balaban J connectivity index is 2.29. The zero-order chi connectivity index (χ0) is 15.9. The highest BCUT2D eigenvalue weighted by atomic mass is 35.5. The number of hydrogen-bond donors (Lipinski definition) is 1. The third-order valence-electron chi connectivity index (χ3n) is 3.46. The quantitative estimate of drug-likeness (QED) is 0.874. The van der Waals surface area contributed by atoms with Crippen LogP contribution in [0.1, 0.15) is 22.8 Å². The van der Waals surface area contributed by atoms with E-state index < -0.39 is 11.5 Å². The maximum Gasteiger partial charge on any atom is 0.343 e. The normalized spacial score (nSPS) is 16.7. The van der Waals surface area contributed by atoms with Crippen molar-refractivity contribution >= 4 is 11.6 Å². The first-order valence-electron chi connectivity index (χ1n) is 6.49. The zero-order valence-corrected chi connectivity index (χ0v) is 12.3. The summed E-state index contributed by atoms with van der Waals surface area (Å²) in [4.78, 5) is 12.3. The number of halogens is 1. The van der Waals surface area contributed by atoms with E-state index in [1.54, 1.807) is 37.3 Å². The average molecular weight is 315 g/mol. The fourth-order valence-corrected chi connectivity index (χ4v) is 2.63. The molecule has 0 fully saturated rings. The van der Waals surface area contributed by atoms with Gasteiger partial charge in [0.1, 0.15) is 23.2 Å². The maximum absolute atomic E-state index is 12.3. The van der Waals surface area contributed by atoms with Gasteiger partial charge in [-0.15, -0.1) is 0 Å². The molecular weight excluding hydrogens is 304 g/mol. The predicted molar refractivity (Wildman–Crippen MR) is 80.5 cm³/mol. The van der Waals surface area contributed by atoms with Crippen molar-refractivity contribution in [3.05, 3.63) is 74.1 Å². The van der Waals surface area contributed by atoms with Gasteiger partial charge in [-0.3, -0.25) is 0 Å². The second-order valence-electron chi connectivity index (χ2n) is 4.90. The molecule has 110 valence electrons. The Morgan fingerprint density at radius 1 is 1.32 bits per heavy atom. The van der Waals surface area contributed by atoms with Crippen molar-refractivity contribution in [2.45, 2.75) is 12.8 Å². The third-order valence-corrected chi connectivity index (χ3v) is 3.71. The molecule has 22 heavy (non-hydrogen) atoms. The van der Waals surface area contributed by atoms with Crippen molar-refractivity contribution < 1.29 is 9.15 Å². The van der Waals surface area contributed by atoms with Crippen molar-refractivity contribution in [3.63, 3.8) is 0 Å². The van der Waals surface area contributed by atoms with Gasteiger partial charge in [0.25, 0.3) is 0 Å². The molecule has 0 radical (unpaired) electrons. The number of ether oxygens (including phenoxy) is 1. The molecule has 1 aliphatic rings. The lowest BCUT2D eigenvalue weighted by molar-refractivity contribution is 0.371. The molecule has 3 rings (SSSR count). The fraction of sp³-hybridized carbons (Fsp3) is 0.125. The van der Waals surface area contributed by atoms with Gasteiger partial charge in [-0.05, 0) is 24.6 Å². The van der Waals surface area contributed by atoms with Crippen LogP contribution in [0, 0.1) is 18.3 Å². The molecule has 2 N–H and O–H groups in total. The predicted octanol–water partition coefficient (Wildman–Crippen LogP) is 2.82. The number of aryl methyl sites for hydroxylation is 1. The van der Waals surface area contributed by atoms with Crippen LogP contribution in [-0.4, -0.2) is 0 Å². The SMILES string of the molecule is Cc1cc2c(c(=O)o1)[C@H](c1ccc(Cl)cc1)C(C#N)=C(N)O2. The average Bonchev–Trinajstić information content (AvgIpc) is 2.46.